The zero-order valence-corrected chi connectivity index (χ0v) is 16.1. The zero-order chi connectivity index (χ0) is 18.0. The van der Waals surface area contributed by atoms with Crippen molar-refractivity contribution in [3.8, 4) is 11.5 Å². The Morgan fingerprint density at radius 3 is 2.50 bits per heavy atom. The second-order valence-corrected chi connectivity index (χ2v) is 13.0. The molecule has 10 heteroatoms. The van der Waals surface area contributed by atoms with Gasteiger partial charge in [-0.1, -0.05) is 19.6 Å². The zero-order valence-electron chi connectivity index (χ0n) is 13.6. The van der Waals surface area contributed by atoms with Crippen LogP contribution in [-0.2, 0) is 17.6 Å². The predicted octanol–water partition coefficient (Wildman–Crippen LogP) is 4.43. The van der Waals surface area contributed by atoms with Crippen LogP contribution in [0.25, 0.3) is 11.5 Å². The largest absolute Gasteiger partial charge is 0.453 e. The highest BCUT2D eigenvalue weighted by Crippen LogP contribution is 2.28. The van der Waals surface area contributed by atoms with E-state index in [0.717, 1.165) is 15.2 Å². The van der Waals surface area contributed by atoms with Crippen molar-refractivity contribution in [2.24, 2.45) is 0 Å². The van der Waals surface area contributed by atoms with Crippen LogP contribution < -0.4 is 0 Å². The molecule has 0 atom stereocenters. The summed E-state index contributed by atoms with van der Waals surface area (Å²) in [4.78, 5) is 7.67. The smallest absolute Gasteiger partial charge is 0.359 e. The van der Waals surface area contributed by atoms with Gasteiger partial charge in [-0.25, -0.2) is 9.67 Å². The predicted molar refractivity (Wildman–Crippen MR) is 90.1 cm³/mol. The van der Waals surface area contributed by atoms with Gasteiger partial charge in [-0.15, -0.1) is 5.10 Å². The van der Waals surface area contributed by atoms with E-state index in [2.05, 4.69) is 50.6 Å². The highest BCUT2D eigenvalue weighted by molar-refractivity contribution is 9.10. The fourth-order valence-electron chi connectivity index (χ4n) is 1.78. The number of hydrogen-bond donors (Lipinski definition) is 0. The fraction of sp³-hybridized carbons (Fsp3) is 0.500. The monoisotopic (exact) mass is 422 g/mol. The van der Waals surface area contributed by atoms with Crippen molar-refractivity contribution in [3.05, 3.63) is 28.6 Å². The maximum atomic E-state index is 12.9. The van der Waals surface area contributed by atoms with Crippen molar-refractivity contribution in [2.75, 3.05) is 6.61 Å². The lowest BCUT2D eigenvalue weighted by molar-refractivity contribution is -0.145. The minimum absolute atomic E-state index is 0.0304. The Kier molecular flexibility index (Phi) is 5.81. The van der Waals surface area contributed by atoms with Crippen molar-refractivity contribution in [3.63, 3.8) is 0 Å². The van der Waals surface area contributed by atoms with Crippen LogP contribution in [0.5, 0.6) is 0 Å². The van der Waals surface area contributed by atoms with Gasteiger partial charge in [-0.05, 0) is 34.1 Å². The molecule has 2 rings (SSSR count). The van der Waals surface area contributed by atoms with Crippen LogP contribution in [-0.4, -0.2) is 34.4 Å². The highest BCUT2D eigenvalue weighted by atomic mass is 79.9. The normalized spacial score (nSPS) is 12.6. The van der Waals surface area contributed by atoms with Gasteiger partial charge in [0.1, 0.15) is 12.4 Å². The summed E-state index contributed by atoms with van der Waals surface area (Å²) in [5.74, 6) is -1.17. The fourth-order valence-corrected chi connectivity index (χ4v) is 2.77. The molecule has 0 saturated heterocycles. The van der Waals surface area contributed by atoms with Gasteiger partial charge in [0.05, 0.1) is 0 Å². The molecule has 0 aliphatic heterocycles. The number of alkyl halides is 3. The lowest BCUT2D eigenvalue weighted by Gasteiger charge is -2.15. The molecule has 0 unspecified atom stereocenters. The van der Waals surface area contributed by atoms with Gasteiger partial charge in [-0.2, -0.15) is 13.2 Å². The molecule has 2 aromatic rings. The summed E-state index contributed by atoms with van der Waals surface area (Å²) in [5, 5.41) is 3.53. The van der Waals surface area contributed by atoms with Gasteiger partial charge in [0.15, 0.2) is 5.82 Å². The molecule has 0 amide bonds. The Morgan fingerprint density at radius 2 is 1.96 bits per heavy atom. The molecule has 0 N–H and O–H groups in total. The first kappa shape index (κ1) is 19.1. The molecule has 132 valence electrons. The number of ether oxygens (including phenoxy) is 1. The Hall–Kier alpha value is -1.26. The second-order valence-electron chi connectivity index (χ2n) is 6.47. The topological polar surface area (TPSA) is 52.8 Å². The first-order valence-corrected chi connectivity index (χ1v) is 11.8. The second kappa shape index (κ2) is 7.32. The Labute approximate surface area is 147 Å². The number of aromatic nitrogens is 4. The van der Waals surface area contributed by atoms with E-state index >= 15 is 0 Å². The Morgan fingerprint density at radius 1 is 1.25 bits per heavy atom. The van der Waals surface area contributed by atoms with E-state index in [1.807, 2.05) is 0 Å². The summed E-state index contributed by atoms with van der Waals surface area (Å²) in [6, 6.07) is 4.17. The summed E-state index contributed by atoms with van der Waals surface area (Å²) >= 11 is 3.24. The quantitative estimate of drug-likeness (QED) is 0.510. The first-order chi connectivity index (χ1) is 11.1. The molecule has 0 aromatic carbocycles. The third-order valence-electron chi connectivity index (χ3n) is 3.09. The van der Waals surface area contributed by atoms with Crippen molar-refractivity contribution >= 4 is 24.0 Å². The standard InChI is InChI=1S/C14H18BrF3N4OSi/c1-24(2,3)7-6-23-9-22-12(11-5-4-10(15)8-19-11)20-13(21-22)14(16,17)18/h4-5,8H,6-7,9H2,1-3H3. The number of hydrogen-bond acceptors (Lipinski definition) is 4. The number of pyridine rings is 1. The Balaban J connectivity index is 2.21. The van der Waals surface area contributed by atoms with Crippen molar-refractivity contribution in [1.82, 2.24) is 19.7 Å². The molecule has 0 bridgehead atoms. The first-order valence-electron chi connectivity index (χ1n) is 7.28. The molecule has 2 heterocycles. The van der Waals surface area contributed by atoms with Crippen molar-refractivity contribution < 1.29 is 17.9 Å². The summed E-state index contributed by atoms with van der Waals surface area (Å²) in [6.45, 7) is 6.98. The molecule has 0 radical (unpaired) electrons. The van der Waals surface area contributed by atoms with Crippen LogP contribution in [0.15, 0.2) is 22.8 Å². The van der Waals surface area contributed by atoms with Crippen LogP contribution >= 0.6 is 15.9 Å². The van der Waals surface area contributed by atoms with Crippen molar-refractivity contribution in [2.45, 2.75) is 38.6 Å². The highest BCUT2D eigenvalue weighted by Gasteiger charge is 2.37. The van der Waals surface area contributed by atoms with E-state index in [-0.39, 0.29) is 12.6 Å². The SMILES string of the molecule is C[Si](C)(C)CCOCn1nc(C(F)(F)F)nc1-c1ccc(Br)cn1. The van der Waals surface area contributed by atoms with E-state index in [9.17, 15) is 13.2 Å². The summed E-state index contributed by atoms with van der Waals surface area (Å²) in [5.41, 5.74) is 0.301. The molecule has 0 aliphatic carbocycles. The van der Waals surface area contributed by atoms with E-state index < -0.39 is 20.1 Å². The molecule has 24 heavy (non-hydrogen) atoms. The molecule has 0 saturated carbocycles. The van der Waals surface area contributed by atoms with Crippen LogP contribution in [0.2, 0.25) is 25.7 Å². The number of nitrogens with zero attached hydrogens (tertiary/aromatic N) is 4. The molecule has 0 spiro atoms. The van der Waals surface area contributed by atoms with Crippen LogP contribution in [0.3, 0.4) is 0 Å². The van der Waals surface area contributed by atoms with Crippen LogP contribution in [0.1, 0.15) is 5.82 Å². The van der Waals surface area contributed by atoms with Gasteiger partial charge in [-0.3, -0.25) is 4.98 Å². The van der Waals surface area contributed by atoms with Gasteiger partial charge in [0.25, 0.3) is 5.82 Å². The lowest BCUT2D eigenvalue weighted by atomic mass is 10.3. The maximum absolute atomic E-state index is 12.9. The van der Waals surface area contributed by atoms with Gasteiger partial charge >= 0.3 is 6.18 Å². The van der Waals surface area contributed by atoms with Crippen LogP contribution in [0, 0.1) is 0 Å². The summed E-state index contributed by atoms with van der Waals surface area (Å²) < 4.78 is 46.0. The van der Waals surface area contributed by atoms with E-state index in [1.54, 1.807) is 12.1 Å². The molecule has 0 aliphatic rings. The van der Waals surface area contributed by atoms with E-state index in [4.69, 9.17) is 4.74 Å². The summed E-state index contributed by atoms with van der Waals surface area (Å²) in [7, 11) is -1.27. The molecule has 0 fully saturated rings. The summed E-state index contributed by atoms with van der Waals surface area (Å²) in [6.07, 6.45) is -3.12. The minimum atomic E-state index is -4.62. The van der Waals surface area contributed by atoms with E-state index in [1.165, 1.54) is 6.20 Å². The molecular formula is C14H18BrF3N4OSi. The average Bonchev–Trinajstić information content (AvgIpc) is 2.88. The van der Waals surface area contributed by atoms with Gasteiger partial charge in [0.2, 0.25) is 0 Å². The molecule has 2 aromatic heterocycles. The molecular weight excluding hydrogens is 405 g/mol. The van der Waals surface area contributed by atoms with Gasteiger partial charge < -0.3 is 4.74 Å². The van der Waals surface area contributed by atoms with Crippen molar-refractivity contribution in [1.29, 1.82) is 0 Å². The van der Waals surface area contributed by atoms with E-state index in [0.29, 0.717) is 12.3 Å². The molecule has 5 nitrogen and oxygen atoms in total. The number of halogens is 4. The third-order valence-corrected chi connectivity index (χ3v) is 5.26. The minimum Gasteiger partial charge on any atom is -0.359 e. The average molecular weight is 423 g/mol. The maximum Gasteiger partial charge on any atom is 0.453 e. The third kappa shape index (κ3) is 5.38. The van der Waals surface area contributed by atoms with Gasteiger partial charge in [0, 0.05) is 25.4 Å². The Bertz CT molecular complexity index is 683. The van der Waals surface area contributed by atoms with Crippen LogP contribution in [0.4, 0.5) is 13.2 Å². The lowest BCUT2D eigenvalue weighted by Crippen LogP contribution is -2.22. The number of rotatable bonds is 6.